The van der Waals surface area contributed by atoms with Gasteiger partial charge in [-0.25, -0.2) is 13.4 Å². The van der Waals surface area contributed by atoms with Gasteiger partial charge in [0.1, 0.15) is 5.82 Å². The number of aromatic nitrogens is 1. The van der Waals surface area contributed by atoms with Crippen molar-refractivity contribution in [2.45, 2.75) is 38.1 Å². The second-order valence-corrected chi connectivity index (χ2v) is 10.1. The lowest BCUT2D eigenvalue weighted by Gasteiger charge is -2.29. The molecule has 0 saturated carbocycles. The molecule has 2 heterocycles. The molecule has 2 amide bonds. The molecular formula is C25H27N5O4S. The quantitative estimate of drug-likeness (QED) is 0.463. The van der Waals surface area contributed by atoms with Crippen LogP contribution in [0.15, 0.2) is 70.6 Å². The van der Waals surface area contributed by atoms with E-state index in [-0.39, 0.29) is 35.9 Å². The van der Waals surface area contributed by atoms with E-state index >= 15 is 0 Å². The van der Waals surface area contributed by atoms with Crippen LogP contribution in [-0.2, 0) is 26.2 Å². The zero-order valence-corrected chi connectivity index (χ0v) is 20.4. The Morgan fingerprint density at radius 1 is 1.09 bits per heavy atom. The van der Waals surface area contributed by atoms with Crippen LogP contribution in [0.25, 0.3) is 10.8 Å². The number of nitrogens with two attached hydrogens (primary N) is 1. The lowest BCUT2D eigenvalue weighted by atomic mass is 9.98. The molecular weight excluding hydrogens is 466 g/mol. The molecule has 3 aromatic rings. The average molecular weight is 494 g/mol. The highest BCUT2D eigenvalue weighted by atomic mass is 32.2. The number of fused-ring (bicyclic) bond motifs is 1. The Kier molecular flexibility index (Phi) is 6.86. The van der Waals surface area contributed by atoms with Gasteiger partial charge in [0.15, 0.2) is 0 Å². The number of nitrogen functional groups attached to an aromatic ring is 1. The number of nitrogens with zero attached hydrogens (tertiary/aromatic N) is 2. The second kappa shape index (κ2) is 9.85. The van der Waals surface area contributed by atoms with Crippen molar-refractivity contribution in [3.8, 4) is 0 Å². The zero-order valence-electron chi connectivity index (χ0n) is 19.5. The normalized spacial score (nSPS) is 14.5. The third kappa shape index (κ3) is 5.33. The van der Waals surface area contributed by atoms with Gasteiger partial charge in [-0.05, 0) is 43.4 Å². The summed E-state index contributed by atoms with van der Waals surface area (Å²) in [6.07, 6.45) is 0.298. The molecule has 0 unspecified atom stereocenters. The summed E-state index contributed by atoms with van der Waals surface area (Å²) in [6, 6.07) is 15.6. The number of carbonyl (C=O) groups is 2. The van der Waals surface area contributed by atoms with E-state index in [4.69, 9.17) is 5.73 Å². The first-order valence-electron chi connectivity index (χ1n) is 11.1. The van der Waals surface area contributed by atoms with Crippen LogP contribution in [0.3, 0.4) is 0 Å². The summed E-state index contributed by atoms with van der Waals surface area (Å²) in [5.41, 5.74) is 8.23. The lowest BCUT2D eigenvalue weighted by Crippen LogP contribution is -2.49. The number of carbonyl (C=O) groups excluding carboxylic acids is 2. The number of benzene rings is 2. The highest BCUT2D eigenvalue weighted by Gasteiger charge is 2.30. The summed E-state index contributed by atoms with van der Waals surface area (Å²) in [4.78, 5) is 32.4. The summed E-state index contributed by atoms with van der Waals surface area (Å²) >= 11 is 0. The van der Waals surface area contributed by atoms with E-state index in [0.29, 0.717) is 23.3 Å². The summed E-state index contributed by atoms with van der Waals surface area (Å²) < 4.78 is 26.3. The van der Waals surface area contributed by atoms with Crippen LogP contribution in [0.4, 0.5) is 5.82 Å². The Hall–Kier alpha value is -3.76. The molecule has 2 aromatic carbocycles. The standard InChI is InChI=1S/C25H27N5O4S/c1-16-12-13-30(29-35(33,34)22-9-5-7-18-6-3-4-8-20(18)22)25(32)21(16)14-24(31)27-15-19-10-11-23(26)28-17(19)2/h3-11,29H,12-15H2,1-2H3,(H2,26,28)(H,27,31). The molecule has 0 spiro atoms. The SMILES string of the molecule is CC1=C(CC(=O)NCc2ccc(N)nc2C)C(=O)N(NS(=O)(=O)c2cccc3ccccc23)CC1. The highest BCUT2D eigenvalue weighted by Crippen LogP contribution is 2.25. The summed E-state index contributed by atoms with van der Waals surface area (Å²) in [6.45, 7) is 4.01. The van der Waals surface area contributed by atoms with Crippen LogP contribution in [0.5, 0.6) is 0 Å². The van der Waals surface area contributed by atoms with Crippen LogP contribution in [-0.4, -0.2) is 36.8 Å². The Bertz CT molecular complexity index is 1440. The van der Waals surface area contributed by atoms with Gasteiger partial charge in [0.05, 0.1) is 11.3 Å². The monoisotopic (exact) mass is 493 g/mol. The number of sulfonamides is 1. The molecule has 0 aliphatic carbocycles. The fourth-order valence-electron chi connectivity index (χ4n) is 4.03. The minimum absolute atomic E-state index is 0.0847. The van der Waals surface area contributed by atoms with E-state index in [1.165, 1.54) is 6.07 Å². The number of aryl methyl sites for hydroxylation is 1. The number of hydrazine groups is 1. The minimum Gasteiger partial charge on any atom is -0.384 e. The molecule has 9 nitrogen and oxygen atoms in total. The fourth-order valence-corrected chi connectivity index (χ4v) is 5.32. The number of amides is 2. The smallest absolute Gasteiger partial charge is 0.265 e. The second-order valence-electron chi connectivity index (χ2n) is 8.47. The van der Waals surface area contributed by atoms with Gasteiger partial charge < -0.3 is 11.1 Å². The Morgan fingerprint density at radius 2 is 1.83 bits per heavy atom. The molecule has 182 valence electrons. The average Bonchev–Trinajstić information content (AvgIpc) is 2.82. The van der Waals surface area contributed by atoms with Gasteiger partial charge in [-0.1, -0.05) is 48.0 Å². The number of pyridine rings is 1. The molecule has 4 rings (SSSR count). The van der Waals surface area contributed by atoms with Crippen LogP contribution in [0.1, 0.15) is 31.0 Å². The molecule has 1 aromatic heterocycles. The predicted molar refractivity (Wildman–Crippen MR) is 133 cm³/mol. The highest BCUT2D eigenvalue weighted by molar-refractivity contribution is 7.89. The van der Waals surface area contributed by atoms with Gasteiger partial charge in [-0.15, -0.1) is 4.83 Å². The van der Waals surface area contributed by atoms with E-state index in [2.05, 4.69) is 15.1 Å². The largest absolute Gasteiger partial charge is 0.384 e. The molecule has 10 heteroatoms. The van der Waals surface area contributed by atoms with Gasteiger partial charge in [-0.3, -0.25) is 14.6 Å². The topological polar surface area (TPSA) is 134 Å². The fraction of sp³-hybridized carbons (Fsp3) is 0.240. The molecule has 35 heavy (non-hydrogen) atoms. The number of rotatable bonds is 7. The van der Waals surface area contributed by atoms with Crippen molar-refractivity contribution < 1.29 is 18.0 Å². The molecule has 0 saturated heterocycles. The van der Waals surface area contributed by atoms with Gasteiger partial charge in [-0.2, -0.15) is 0 Å². The van der Waals surface area contributed by atoms with Crippen molar-refractivity contribution in [3.63, 3.8) is 0 Å². The maximum Gasteiger partial charge on any atom is 0.265 e. The van der Waals surface area contributed by atoms with E-state index in [1.54, 1.807) is 44.2 Å². The van der Waals surface area contributed by atoms with Crippen LogP contribution in [0, 0.1) is 6.92 Å². The van der Waals surface area contributed by atoms with Crippen molar-refractivity contribution in [2.24, 2.45) is 0 Å². The maximum absolute atomic E-state index is 13.2. The van der Waals surface area contributed by atoms with Crippen molar-refractivity contribution in [1.29, 1.82) is 0 Å². The number of hydrogen-bond donors (Lipinski definition) is 3. The first-order chi connectivity index (χ1) is 16.7. The lowest BCUT2D eigenvalue weighted by molar-refractivity contribution is -0.131. The Labute approximate surface area is 204 Å². The maximum atomic E-state index is 13.2. The van der Waals surface area contributed by atoms with E-state index in [9.17, 15) is 18.0 Å². The van der Waals surface area contributed by atoms with Crippen LogP contribution >= 0.6 is 0 Å². The Morgan fingerprint density at radius 3 is 2.60 bits per heavy atom. The molecule has 0 bridgehead atoms. The molecule has 4 N–H and O–H groups in total. The van der Waals surface area contributed by atoms with Crippen molar-refractivity contribution >= 4 is 38.4 Å². The predicted octanol–water partition coefficient (Wildman–Crippen LogP) is 2.57. The summed E-state index contributed by atoms with van der Waals surface area (Å²) in [5.74, 6) is -0.474. The third-order valence-electron chi connectivity index (χ3n) is 6.03. The van der Waals surface area contributed by atoms with Gasteiger partial charge >= 0.3 is 0 Å². The molecule has 1 aliphatic heterocycles. The van der Waals surface area contributed by atoms with Gasteiger partial charge in [0.25, 0.3) is 15.9 Å². The molecule has 0 fully saturated rings. The van der Waals surface area contributed by atoms with Gasteiger partial charge in [0, 0.05) is 29.7 Å². The van der Waals surface area contributed by atoms with Crippen molar-refractivity contribution in [2.75, 3.05) is 12.3 Å². The molecule has 0 radical (unpaired) electrons. The van der Waals surface area contributed by atoms with Gasteiger partial charge in [0.2, 0.25) is 5.91 Å². The van der Waals surface area contributed by atoms with Crippen molar-refractivity contribution in [3.05, 3.63) is 77.0 Å². The number of hydrogen-bond acceptors (Lipinski definition) is 6. The summed E-state index contributed by atoms with van der Waals surface area (Å²) in [7, 11) is -4.03. The number of nitrogens with one attached hydrogen (secondary N) is 2. The first-order valence-corrected chi connectivity index (χ1v) is 12.6. The van der Waals surface area contributed by atoms with E-state index < -0.39 is 15.9 Å². The minimum atomic E-state index is -4.03. The van der Waals surface area contributed by atoms with E-state index in [0.717, 1.165) is 21.5 Å². The Balaban J connectivity index is 1.46. The third-order valence-corrected chi connectivity index (χ3v) is 7.42. The molecule has 0 atom stereocenters. The van der Waals surface area contributed by atoms with Crippen molar-refractivity contribution in [1.82, 2.24) is 20.1 Å². The summed E-state index contributed by atoms with van der Waals surface area (Å²) in [5, 5.41) is 5.20. The first kappa shape index (κ1) is 24.4. The zero-order chi connectivity index (χ0) is 25.2. The molecule has 1 aliphatic rings. The van der Waals surface area contributed by atoms with Crippen LogP contribution < -0.4 is 15.9 Å². The number of anilines is 1. The van der Waals surface area contributed by atoms with Crippen LogP contribution in [0.2, 0.25) is 0 Å². The van der Waals surface area contributed by atoms with E-state index in [1.807, 2.05) is 18.2 Å².